The van der Waals surface area contributed by atoms with Crippen LogP contribution in [0.4, 0.5) is 10.8 Å². The molecule has 8 heteroatoms. The number of thioether (sulfide) groups is 1. The molecule has 1 aliphatic rings. The lowest BCUT2D eigenvalue weighted by Gasteiger charge is -2.07. The fourth-order valence-electron chi connectivity index (χ4n) is 3.20. The summed E-state index contributed by atoms with van der Waals surface area (Å²) in [6, 6.07) is 13.9. The first-order valence-corrected chi connectivity index (χ1v) is 11.5. The van der Waals surface area contributed by atoms with E-state index in [0.717, 1.165) is 39.8 Å². The molecule has 0 saturated carbocycles. The highest BCUT2D eigenvalue weighted by molar-refractivity contribution is 8.27. The highest BCUT2D eigenvalue weighted by atomic mass is 32.2. The van der Waals surface area contributed by atoms with Gasteiger partial charge in [-0.05, 0) is 53.9 Å². The number of anilines is 2. The predicted octanol–water partition coefficient (Wildman–Crippen LogP) is 5.03. The SMILES string of the molecule is COc1cccc2sc(NCCc3ccc(NC4=N[C@@H](C(C)C)C(=O)S4)cc3)nc12. The van der Waals surface area contributed by atoms with E-state index in [1.165, 1.54) is 17.3 Å². The summed E-state index contributed by atoms with van der Waals surface area (Å²) in [4.78, 5) is 21.1. The van der Waals surface area contributed by atoms with Crippen LogP contribution in [0.1, 0.15) is 19.4 Å². The summed E-state index contributed by atoms with van der Waals surface area (Å²) < 4.78 is 6.49. The van der Waals surface area contributed by atoms with Crippen molar-refractivity contribution in [3.05, 3.63) is 48.0 Å². The van der Waals surface area contributed by atoms with E-state index in [1.807, 2.05) is 38.1 Å². The minimum absolute atomic E-state index is 0.114. The average molecular weight is 441 g/mol. The normalized spacial score (nSPS) is 16.2. The van der Waals surface area contributed by atoms with Crippen molar-refractivity contribution in [3.63, 3.8) is 0 Å². The first kappa shape index (κ1) is 20.7. The van der Waals surface area contributed by atoms with Gasteiger partial charge in [-0.3, -0.25) is 4.79 Å². The summed E-state index contributed by atoms with van der Waals surface area (Å²) in [5, 5.41) is 8.34. The van der Waals surface area contributed by atoms with Crippen molar-refractivity contribution in [2.45, 2.75) is 26.3 Å². The van der Waals surface area contributed by atoms with Gasteiger partial charge in [0, 0.05) is 12.2 Å². The van der Waals surface area contributed by atoms with E-state index in [-0.39, 0.29) is 17.1 Å². The average Bonchev–Trinajstić information content (AvgIpc) is 3.32. The third kappa shape index (κ3) is 4.60. The van der Waals surface area contributed by atoms with Gasteiger partial charge >= 0.3 is 0 Å². The van der Waals surface area contributed by atoms with E-state index >= 15 is 0 Å². The number of benzene rings is 2. The molecule has 2 N–H and O–H groups in total. The molecule has 1 atom stereocenters. The van der Waals surface area contributed by atoms with Crippen LogP contribution in [-0.2, 0) is 11.2 Å². The Morgan fingerprint density at radius 1 is 1.17 bits per heavy atom. The Kier molecular flexibility index (Phi) is 6.24. The van der Waals surface area contributed by atoms with Crippen molar-refractivity contribution >= 4 is 54.4 Å². The molecule has 0 saturated heterocycles. The molecule has 0 spiro atoms. The summed E-state index contributed by atoms with van der Waals surface area (Å²) in [5.41, 5.74) is 3.06. The standard InChI is InChI=1S/C22H24N4O2S2/c1-13(2)18-20(27)30-22(25-18)24-15-9-7-14(8-10-15)11-12-23-21-26-19-16(28-3)5-4-6-17(19)29-21/h4-10,13,18H,11-12H2,1-3H3,(H,23,26)(H,24,25)/t18-/m0/s1. The molecule has 1 aromatic heterocycles. The lowest BCUT2D eigenvalue weighted by Crippen LogP contribution is -2.17. The van der Waals surface area contributed by atoms with E-state index in [0.29, 0.717) is 5.17 Å². The quantitative estimate of drug-likeness (QED) is 0.537. The number of aliphatic imine (C=N–C) groups is 1. The van der Waals surface area contributed by atoms with E-state index in [2.05, 4.69) is 38.8 Å². The van der Waals surface area contributed by atoms with Crippen LogP contribution in [0.5, 0.6) is 5.75 Å². The first-order chi connectivity index (χ1) is 14.5. The fraction of sp³-hybridized carbons (Fsp3) is 0.318. The highest BCUT2D eigenvalue weighted by Crippen LogP contribution is 2.32. The number of hydrogen-bond donors (Lipinski definition) is 2. The number of methoxy groups -OCH3 is 1. The summed E-state index contributed by atoms with van der Waals surface area (Å²) in [6.07, 6.45) is 0.886. The summed E-state index contributed by atoms with van der Waals surface area (Å²) in [6.45, 7) is 4.83. The predicted molar refractivity (Wildman–Crippen MR) is 127 cm³/mol. The van der Waals surface area contributed by atoms with Gasteiger partial charge in [-0.2, -0.15) is 0 Å². The Hall–Kier alpha value is -2.58. The van der Waals surface area contributed by atoms with Gasteiger partial charge in [-0.1, -0.05) is 43.4 Å². The number of aromatic nitrogens is 1. The molecule has 0 bridgehead atoms. The highest BCUT2D eigenvalue weighted by Gasteiger charge is 2.30. The van der Waals surface area contributed by atoms with Crippen LogP contribution in [0.3, 0.4) is 0 Å². The number of ether oxygens (including phenoxy) is 1. The second kappa shape index (κ2) is 9.06. The zero-order valence-electron chi connectivity index (χ0n) is 17.1. The number of rotatable bonds is 7. The van der Waals surface area contributed by atoms with Gasteiger partial charge in [0.1, 0.15) is 17.3 Å². The van der Waals surface area contributed by atoms with Gasteiger partial charge in [-0.15, -0.1) is 0 Å². The van der Waals surface area contributed by atoms with Crippen LogP contribution < -0.4 is 15.4 Å². The minimum atomic E-state index is -0.245. The lowest BCUT2D eigenvalue weighted by molar-refractivity contribution is -0.112. The van der Waals surface area contributed by atoms with Crippen LogP contribution in [0, 0.1) is 5.92 Å². The molecule has 0 amide bonds. The van der Waals surface area contributed by atoms with Crippen LogP contribution in [0.25, 0.3) is 10.2 Å². The van der Waals surface area contributed by atoms with Gasteiger partial charge in [0.2, 0.25) is 5.12 Å². The maximum Gasteiger partial charge on any atom is 0.221 e. The van der Waals surface area contributed by atoms with Crippen LogP contribution in [0.15, 0.2) is 47.5 Å². The van der Waals surface area contributed by atoms with Crippen LogP contribution in [-0.4, -0.2) is 35.0 Å². The number of para-hydroxylation sites is 1. The Bertz CT molecular complexity index is 1080. The van der Waals surface area contributed by atoms with Crippen LogP contribution in [0.2, 0.25) is 0 Å². The monoisotopic (exact) mass is 440 g/mol. The second-order valence-electron chi connectivity index (χ2n) is 7.37. The number of hydrogen-bond acceptors (Lipinski definition) is 8. The van der Waals surface area contributed by atoms with E-state index in [1.54, 1.807) is 18.4 Å². The Balaban J connectivity index is 1.31. The molecular formula is C22H24N4O2S2. The summed E-state index contributed by atoms with van der Waals surface area (Å²) in [7, 11) is 1.66. The smallest absolute Gasteiger partial charge is 0.221 e. The lowest BCUT2D eigenvalue weighted by atomic mass is 10.1. The molecule has 30 heavy (non-hydrogen) atoms. The Morgan fingerprint density at radius 2 is 1.97 bits per heavy atom. The number of thiazole rings is 1. The molecule has 156 valence electrons. The van der Waals surface area contributed by atoms with E-state index in [4.69, 9.17) is 4.74 Å². The third-order valence-electron chi connectivity index (χ3n) is 4.82. The number of amidine groups is 1. The molecule has 0 unspecified atom stereocenters. The molecule has 2 aromatic carbocycles. The molecular weight excluding hydrogens is 416 g/mol. The number of fused-ring (bicyclic) bond motifs is 1. The summed E-state index contributed by atoms with van der Waals surface area (Å²) in [5.74, 6) is 1.02. The van der Waals surface area contributed by atoms with Gasteiger partial charge in [0.15, 0.2) is 10.3 Å². The van der Waals surface area contributed by atoms with Crippen molar-refractivity contribution in [1.29, 1.82) is 0 Å². The number of nitrogens with one attached hydrogen (secondary N) is 2. The molecule has 6 nitrogen and oxygen atoms in total. The maximum absolute atomic E-state index is 12.0. The topological polar surface area (TPSA) is 75.6 Å². The van der Waals surface area contributed by atoms with Gasteiger partial charge in [0.05, 0.1) is 11.8 Å². The third-order valence-corrected chi connectivity index (χ3v) is 6.65. The number of carbonyl (C=O) groups is 1. The van der Waals surface area contributed by atoms with Crippen LogP contribution >= 0.6 is 23.1 Å². The molecule has 0 radical (unpaired) electrons. The van der Waals surface area contributed by atoms with Crippen molar-refractivity contribution in [2.75, 3.05) is 24.3 Å². The van der Waals surface area contributed by atoms with Crippen molar-refractivity contribution in [2.24, 2.45) is 10.9 Å². The fourth-order valence-corrected chi connectivity index (χ4v) is 5.08. The molecule has 4 rings (SSSR count). The zero-order chi connectivity index (χ0) is 21.1. The first-order valence-electron chi connectivity index (χ1n) is 9.86. The Morgan fingerprint density at radius 3 is 2.67 bits per heavy atom. The molecule has 2 heterocycles. The van der Waals surface area contributed by atoms with E-state index < -0.39 is 0 Å². The largest absolute Gasteiger partial charge is 0.494 e. The van der Waals surface area contributed by atoms with Crippen molar-refractivity contribution in [3.8, 4) is 5.75 Å². The van der Waals surface area contributed by atoms with Gasteiger partial charge < -0.3 is 15.4 Å². The Labute approximate surface area is 184 Å². The number of carbonyl (C=O) groups excluding carboxylic acids is 1. The minimum Gasteiger partial charge on any atom is -0.494 e. The zero-order valence-corrected chi connectivity index (χ0v) is 18.8. The van der Waals surface area contributed by atoms with Crippen molar-refractivity contribution in [1.82, 2.24) is 4.98 Å². The molecule has 0 aliphatic carbocycles. The molecule has 3 aromatic rings. The second-order valence-corrected chi connectivity index (χ2v) is 9.39. The molecule has 1 aliphatic heterocycles. The molecule has 0 fully saturated rings. The van der Waals surface area contributed by atoms with E-state index in [9.17, 15) is 4.79 Å². The van der Waals surface area contributed by atoms with Gasteiger partial charge in [-0.25, -0.2) is 9.98 Å². The van der Waals surface area contributed by atoms with Crippen molar-refractivity contribution < 1.29 is 9.53 Å². The van der Waals surface area contributed by atoms with Gasteiger partial charge in [0.25, 0.3) is 0 Å². The number of nitrogens with zero attached hydrogens (tertiary/aromatic N) is 2. The summed E-state index contributed by atoms with van der Waals surface area (Å²) >= 11 is 2.82. The maximum atomic E-state index is 12.0.